The van der Waals surface area contributed by atoms with Gasteiger partial charge in [-0.15, -0.1) is 0 Å². The number of hydrogen-bond donors (Lipinski definition) is 1. The first kappa shape index (κ1) is 15.6. The van der Waals surface area contributed by atoms with E-state index in [9.17, 15) is 10.1 Å². The Labute approximate surface area is 130 Å². The van der Waals surface area contributed by atoms with Crippen LogP contribution in [-0.2, 0) is 4.79 Å². The predicted molar refractivity (Wildman–Crippen MR) is 84.6 cm³/mol. The average molecular weight is 303 g/mol. The molecule has 0 radical (unpaired) electrons. The molecular formula is C17H19ClN2O. The maximum absolute atomic E-state index is 12.2. The number of nitrogens with one attached hydrogen (secondary N) is 1. The molecule has 1 saturated carbocycles. The van der Waals surface area contributed by atoms with E-state index >= 15 is 0 Å². The van der Waals surface area contributed by atoms with Gasteiger partial charge in [0.2, 0.25) is 0 Å². The molecule has 2 unspecified atom stereocenters. The quantitative estimate of drug-likeness (QED) is 0.679. The van der Waals surface area contributed by atoms with Crippen LogP contribution in [0.2, 0.25) is 5.02 Å². The van der Waals surface area contributed by atoms with Crippen LogP contribution in [0.3, 0.4) is 0 Å². The van der Waals surface area contributed by atoms with Crippen LogP contribution in [-0.4, -0.2) is 11.9 Å². The van der Waals surface area contributed by atoms with E-state index in [0.717, 1.165) is 24.8 Å². The maximum atomic E-state index is 12.2. The molecule has 0 bridgehead atoms. The summed E-state index contributed by atoms with van der Waals surface area (Å²) < 4.78 is 0. The van der Waals surface area contributed by atoms with E-state index in [2.05, 4.69) is 12.2 Å². The Hall–Kier alpha value is -1.79. The summed E-state index contributed by atoms with van der Waals surface area (Å²) in [5.74, 6) is 0.171. The number of carbonyl (C=O) groups excluding carboxylic acids is 1. The number of nitrogens with zero attached hydrogens (tertiary/aromatic N) is 1. The molecule has 0 aliphatic heterocycles. The van der Waals surface area contributed by atoms with Crippen molar-refractivity contribution in [2.75, 3.05) is 0 Å². The first-order chi connectivity index (χ1) is 10.1. The van der Waals surface area contributed by atoms with Crippen molar-refractivity contribution < 1.29 is 4.79 Å². The number of carbonyl (C=O) groups is 1. The minimum absolute atomic E-state index is 0.120. The number of nitriles is 1. The summed E-state index contributed by atoms with van der Waals surface area (Å²) in [6.07, 6.45) is 6.05. The van der Waals surface area contributed by atoms with Gasteiger partial charge in [0, 0.05) is 11.1 Å². The van der Waals surface area contributed by atoms with Crippen LogP contribution in [0.25, 0.3) is 6.08 Å². The zero-order chi connectivity index (χ0) is 15.2. The first-order valence-electron chi connectivity index (χ1n) is 7.28. The summed E-state index contributed by atoms with van der Waals surface area (Å²) in [5.41, 5.74) is 0.876. The van der Waals surface area contributed by atoms with E-state index in [1.807, 2.05) is 12.1 Å². The summed E-state index contributed by atoms with van der Waals surface area (Å²) in [4.78, 5) is 12.2. The molecule has 1 amide bonds. The Kier molecular flexibility index (Phi) is 5.41. The molecule has 0 spiro atoms. The summed E-state index contributed by atoms with van der Waals surface area (Å²) in [6, 6.07) is 9.25. The lowest BCUT2D eigenvalue weighted by molar-refractivity contribution is -0.118. The van der Waals surface area contributed by atoms with Gasteiger partial charge in [-0.25, -0.2) is 0 Å². The number of halogens is 1. The highest BCUT2D eigenvalue weighted by Crippen LogP contribution is 2.24. The Morgan fingerprint density at radius 3 is 2.86 bits per heavy atom. The molecule has 3 nitrogen and oxygen atoms in total. The third kappa shape index (κ3) is 4.34. The molecular weight excluding hydrogens is 284 g/mol. The molecule has 0 heterocycles. The number of rotatable bonds is 3. The minimum Gasteiger partial charge on any atom is -0.348 e. The van der Waals surface area contributed by atoms with Crippen LogP contribution in [0.4, 0.5) is 0 Å². The fraction of sp³-hybridized carbons (Fsp3) is 0.412. The first-order valence-corrected chi connectivity index (χ1v) is 7.66. The van der Waals surface area contributed by atoms with Crippen LogP contribution in [0.1, 0.15) is 38.2 Å². The lowest BCUT2D eigenvalue weighted by atomic mass is 9.86. The molecule has 21 heavy (non-hydrogen) atoms. The van der Waals surface area contributed by atoms with Gasteiger partial charge in [-0.3, -0.25) is 4.79 Å². The molecule has 110 valence electrons. The standard InChI is InChI=1S/C17H19ClN2O/c1-12-5-2-3-8-16(12)20-17(21)14(11-19)9-13-6-4-7-15(18)10-13/h4,6-7,9-10,12,16H,2-3,5,8H2,1H3,(H,20,21)/b14-9+. The van der Waals surface area contributed by atoms with Crippen molar-refractivity contribution in [2.45, 2.75) is 38.6 Å². The van der Waals surface area contributed by atoms with Crippen molar-refractivity contribution in [3.8, 4) is 6.07 Å². The van der Waals surface area contributed by atoms with Gasteiger partial charge >= 0.3 is 0 Å². The topological polar surface area (TPSA) is 52.9 Å². The molecule has 1 aliphatic rings. The van der Waals surface area contributed by atoms with Crippen LogP contribution in [0.5, 0.6) is 0 Å². The molecule has 2 rings (SSSR count). The monoisotopic (exact) mass is 302 g/mol. The van der Waals surface area contributed by atoms with E-state index in [1.165, 1.54) is 6.42 Å². The lowest BCUT2D eigenvalue weighted by Crippen LogP contribution is -2.41. The second kappa shape index (κ2) is 7.28. The highest BCUT2D eigenvalue weighted by Gasteiger charge is 2.23. The molecule has 0 aromatic heterocycles. The van der Waals surface area contributed by atoms with Gasteiger partial charge < -0.3 is 5.32 Å². The van der Waals surface area contributed by atoms with E-state index in [4.69, 9.17) is 11.6 Å². The van der Waals surface area contributed by atoms with Gasteiger partial charge in [0.1, 0.15) is 11.6 Å². The van der Waals surface area contributed by atoms with Crippen LogP contribution >= 0.6 is 11.6 Å². The molecule has 1 aromatic carbocycles. The van der Waals surface area contributed by atoms with Crippen LogP contribution < -0.4 is 5.32 Å². The van der Waals surface area contributed by atoms with Gasteiger partial charge in [-0.2, -0.15) is 5.26 Å². The fourth-order valence-corrected chi connectivity index (χ4v) is 2.89. The predicted octanol–water partition coefficient (Wildman–Crippen LogP) is 3.94. The zero-order valence-electron chi connectivity index (χ0n) is 12.1. The number of amides is 1. The van der Waals surface area contributed by atoms with E-state index in [1.54, 1.807) is 24.3 Å². The fourth-order valence-electron chi connectivity index (χ4n) is 2.69. The van der Waals surface area contributed by atoms with Crippen molar-refractivity contribution in [3.63, 3.8) is 0 Å². The lowest BCUT2D eigenvalue weighted by Gasteiger charge is -2.29. The summed E-state index contributed by atoms with van der Waals surface area (Å²) >= 11 is 5.91. The maximum Gasteiger partial charge on any atom is 0.262 e. The summed E-state index contributed by atoms with van der Waals surface area (Å²) in [7, 11) is 0. The molecule has 1 aliphatic carbocycles. The van der Waals surface area contributed by atoms with Crippen LogP contribution in [0, 0.1) is 17.2 Å². The number of hydrogen-bond acceptors (Lipinski definition) is 2. The zero-order valence-corrected chi connectivity index (χ0v) is 12.9. The normalized spacial score (nSPS) is 22.4. The smallest absolute Gasteiger partial charge is 0.262 e. The van der Waals surface area contributed by atoms with E-state index in [-0.39, 0.29) is 17.5 Å². The van der Waals surface area contributed by atoms with Crippen molar-refractivity contribution in [3.05, 3.63) is 40.4 Å². The third-order valence-electron chi connectivity index (χ3n) is 3.95. The highest BCUT2D eigenvalue weighted by molar-refractivity contribution is 6.30. The van der Waals surface area contributed by atoms with Crippen molar-refractivity contribution >= 4 is 23.6 Å². The largest absolute Gasteiger partial charge is 0.348 e. The molecule has 1 aromatic rings. The summed E-state index contributed by atoms with van der Waals surface area (Å²) in [6.45, 7) is 2.15. The van der Waals surface area contributed by atoms with Gasteiger partial charge in [-0.1, -0.05) is 43.5 Å². The third-order valence-corrected chi connectivity index (χ3v) is 4.19. The second-order valence-corrected chi connectivity index (χ2v) is 6.00. The highest BCUT2D eigenvalue weighted by atomic mass is 35.5. The van der Waals surface area contributed by atoms with Crippen molar-refractivity contribution in [1.82, 2.24) is 5.32 Å². The van der Waals surface area contributed by atoms with Gasteiger partial charge in [-0.05, 0) is 42.5 Å². The molecule has 2 atom stereocenters. The SMILES string of the molecule is CC1CCCCC1NC(=O)/C(C#N)=C/c1cccc(Cl)c1. The Morgan fingerprint density at radius 2 is 2.19 bits per heavy atom. The number of benzene rings is 1. The molecule has 1 N–H and O–H groups in total. The molecule has 0 saturated heterocycles. The van der Waals surface area contributed by atoms with Crippen LogP contribution in [0.15, 0.2) is 29.8 Å². The Morgan fingerprint density at radius 1 is 1.43 bits per heavy atom. The van der Waals surface area contributed by atoms with Crippen molar-refractivity contribution in [2.24, 2.45) is 5.92 Å². The van der Waals surface area contributed by atoms with Gasteiger partial charge in [0.15, 0.2) is 0 Å². The van der Waals surface area contributed by atoms with E-state index in [0.29, 0.717) is 10.9 Å². The molecule has 4 heteroatoms. The summed E-state index contributed by atoms with van der Waals surface area (Å²) in [5, 5.41) is 12.8. The van der Waals surface area contributed by atoms with E-state index < -0.39 is 0 Å². The Balaban J connectivity index is 2.10. The minimum atomic E-state index is -0.295. The molecule has 1 fully saturated rings. The second-order valence-electron chi connectivity index (χ2n) is 5.57. The van der Waals surface area contributed by atoms with Gasteiger partial charge in [0.05, 0.1) is 0 Å². The Bertz CT molecular complexity index is 589. The van der Waals surface area contributed by atoms with Gasteiger partial charge in [0.25, 0.3) is 5.91 Å². The van der Waals surface area contributed by atoms with Crippen molar-refractivity contribution in [1.29, 1.82) is 5.26 Å². The average Bonchev–Trinajstić information content (AvgIpc) is 2.47.